The lowest BCUT2D eigenvalue weighted by molar-refractivity contribution is -0.0453. The highest BCUT2D eigenvalue weighted by Crippen LogP contribution is 2.23. The number of fused-ring (bicyclic) bond motifs is 1. The maximum absolute atomic E-state index is 5.99. The van der Waals surface area contributed by atoms with Crippen molar-refractivity contribution in [2.75, 3.05) is 33.3 Å². The lowest BCUT2D eigenvalue weighted by Crippen LogP contribution is -2.51. The zero-order chi connectivity index (χ0) is 18.4. The minimum atomic E-state index is 0. The Morgan fingerprint density at radius 3 is 2.93 bits per heavy atom. The summed E-state index contributed by atoms with van der Waals surface area (Å²) >= 11 is 0. The summed E-state index contributed by atoms with van der Waals surface area (Å²) < 4.78 is 11.4. The number of nitrogens with zero attached hydrogens (tertiary/aromatic N) is 3. The van der Waals surface area contributed by atoms with Gasteiger partial charge in [0, 0.05) is 38.2 Å². The third kappa shape index (κ3) is 6.05. The SMILES string of the molecule is CCC(CC)c1cc(CNC(=NC)NCC2CN3CCCC3CO2)on1.I. The van der Waals surface area contributed by atoms with E-state index >= 15 is 0 Å². The molecule has 2 saturated heterocycles. The van der Waals surface area contributed by atoms with Gasteiger partial charge < -0.3 is 19.9 Å². The molecule has 0 radical (unpaired) electrons. The van der Waals surface area contributed by atoms with Crippen LogP contribution in [-0.2, 0) is 11.3 Å². The average molecular weight is 491 g/mol. The number of hydrogen-bond acceptors (Lipinski definition) is 5. The van der Waals surface area contributed by atoms with E-state index in [1.54, 1.807) is 7.05 Å². The third-order valence-electron chi connectivity index (χ3n) is 5.59. The molecular formula is C19H34IN5O2. The molecule has 3 heterocycles. The van der Waals surface area contributed by atoms with E-state index in [1.165, 1.54) is 19.4 Å². The Hall–Kier alpha value is -0.870. The average Bonchev–Trinajstić information content (AvgIpc) is 3.32. The summed E-state index contributed by atoms with van der Waals surface area (Å²) in [6.45, 7) is 8.78. The molecule has 27 heavy (non-hydrogen) atoms. The first-order chi connectivity index (χ1) is 12.7. The second kappa shape index (κ2) is 11.2. The van der Waals surface area contributed by atoms with Crippen LogP contribution in [0.3, 0.4) is 0 Å². The van der Waals surface area contributed by atoms with E-state index in [0.29, 0.717) is 18.5 Å². The van der Waals surface area contributed by atoms with Crippen molar-refractivity contribution < 1.29 is 9.26 Å². The summed E-state index contributed by atoms with van der Waals surface area (Å²) in [6.07, 6.45) is 4.96. The maximum atomic E-state index is 5.99. The van der Waals surface area contributed by atoms with Crippen molar-refractivity contribution in [1.29, 1.82) is 0 Å². The standard InChI is InChI=1S/C19H33N5O2.HI/c1-4-14(5-2)18-9-16(26-23-18)10-21-19(20-3)22-11-17-12-24-8-6-7-15(24)13-25-17;/h9,14-15,17H,4-8,10-13H2,1-3H3,(H2,20,21,22);1H. The van der Waals surface area contributed by atoms with Crippen molar-refractivity contribution in [2.24, 2.45) is 4.99 Å². The number of morpholine rings is 1. The van der Waals surface area contributed by atoms with Gasteiger partial charge in [-0.2, -0.15) is 0 Å². The lowest BCUT2D eigenvalue weighted by atomic mass is 9.99. The Bertz CT molecular complexity index is 590. The number of aliphatic imine (C=N–C) groups is 1. The van der Waals surface area contributed by atoms with Gasteiger partial charge in [0.1, 0.15) is 0 Å². The van der Waals surface area contributed by atoms with Gasteiger partial charge >= 0.3 is 0 Å². The highest BCUT2D eigenvalue weighted by molar-refractivity contribution is 14.0. The van der Waals surface area contributed by atoms with Crippen LogP contribution in [0, 0.1) is 0 Å². The third-order valence-corrected chi connectivity index (χ3v) is 5.59. The molecule has 2 atom stereocenters. The van der Waals surface area contributed by atoms with E-state index in [4.69, 9.17) is 9.26 Å². The van der Waals surface area contributed by atoms with Crippen LogP contribution >= 0.6 is 24.0 Å². The van der Waals surface area contributed by atoms with Gasteiger partial charge in [0.15, 0.2) is 11.7 Å². The van der Waals surface area contributed by atoms with Crippen LogP contribution in [0.2, 0.25) is 0 Å². The highest BCUT2D eigenvalue weighted by atomic mass is 127. The molecule has 154 valence electrons. The molecule has 2 fully saturated rings. The fourth-order valence-corrected chi connectivity index (χ4v) is 3.92. The summed E-state index contributed by atoms with van der Waals surface area (Å²) in [6, 6.07) is 2.69. The zero-order valence-corrected chi connectivity index (χ0v) is 19.1. The fourth-order valence-electron chi connectivity index (χ4n) is 3.92. The maximum Gasteiger partial charge on any atom is 0.191 e. The number of ether oxygens (including phenoxy) is 1. The number of rotatable bonds is 7. The smallest absolute Gasteiger partial charge is 0.191 e. The van der Waals surface area contributed by atoms with Gasteiger partial charge in [-0.05, 0) is 32.2 Å². The van der Waals surface area contributed by atoms with Gasteiger partial charge in [0.2, 0.25) is 0 Å². The van der Waals surface area contributed by atoms with E-state index in [2.05, 4.69) is 45.6 Å². The van der Waals surface area contributed by atoms with Crippen molar-refractivity contribution in [3.05, 3.63) is 17.5 Å². The number of halogens is 1. The molecule has 2 N–H and O–H groups in total. The number of hydrogen-bond donors (Lipinski definition) is 2. The molecule has 8 heteroatoms. The molecule has 0 aromatic carbocycles. The second-order valence-corrected chi connectivity index (χ2v) is 7.28. The summed E-state index contributed by atoms with van der Waals surface area (Å²) in [7, 11) is 1.78. The van der Waals surface area contributed by atoms with Crippen LogP contribution in [0.15, 0.2) is 15.6 Å². The van der Waals surface area contributed by atoms with Crippen molar-refractivity contribution >= 4 is 29.9 Å². The van der Waals surface area contributed by atoms with Gasteiger partial charge in [-0.1, -0.05) is 19.0 Å². The highest BCUT2D eigenvalue weighted by Gasteiger charge is 2.32. The minimum absolute atomic E-state index is 0. The molecule has 0 spiro atoms. The van der Waals surface area contributed by atoms with Crippen molar-refractivity contribution in [3.8, 4) is 0 Å². The molecule has 0 bridgehead atoms. The Balaban J connectivity index is 0.00000261. The first-order valence-corrected chi connectivity index (χ1v) is 9.99. The van der Waals surface area contributed by atoms with E-state index in [0.717, 1.165) is 50.0 Å². The van der Waals surface area contributed by atoms with Crippen molar-refractivity contribution in [3.63, 3.8) is 0 Å². The predicted octanol–water partition coefficient (Wildman–Crippen LogP) is 2.72. The number of guanidine groups is 1. The van der Waals surface area contributed by atoms with Crippen LogP contribution in [0.4, 0.5) is 0 Å². The van der Waals surface area contributed by atoms with Crippen molar-refractivity contribution in [1.82, 2.24) is 20.7 Å². The van der Waals surface area contributed by atoms with E-state index in [-0.39, 0.29) is 30.1 Å². The Morgan fingerprint density at radius 1 is 1.37 bits per heavy atom. The van der Waals surface area contributed by atoms with Gasteiger partial charge in [0.05, 0.1) is 24.9 Å². The van der Waals surface area contributed by atoms with Gasteiger partial charge in [-0.25, -0.2) is 0 Å². The van der Waals surface area contributed by atoms with Gasteiger partial charge in [-0.3, -0.25) is 9.89 Å². The van der Waals surface area contributed by atoms with Crippen LogP contribution in [0.25, 0.3) is 0 Å². The zero-order valence-electron chi connectivity index (χ0n) is 16.7. The Morgan fingerprint density at radius 2 is 2.19 bits per heavy atom. The number of aromatic nitrogens is 1. The summed E-state index contributed by atoms with van der Waals surface area (Å²) in [5.41, 5.74) is 1.05. The largest absolute Gasteiger partial charge is 0.373 e. The summed E-state index contributed by atoms with van der Waals surface area (Å²) in [5, 5.41) is 10.9. The van der Waals surface area contributed by atoms with Crippen LogP contribution < -0.4 is 10.6 Å². The molecular weight excluding hydrogens is 457 g/mol. The Labute approximate surface area is 179 Å². The molecule has 0 saturated carbocycles. The molecule has 2 aliphatic heterocycles. The normalized spacial score (nSPS) is 23.2. The predicted molar refractivity (Wildman–Crippen MR) is 118 cm³/mol. The fraction of sp³-hybridized carbons (Fsp3) is 0.789. The van der Waals surface area contributed by atoms with E-state index in [1.807, 2.05) is 0 Å². The quantitative estimate of drug-likeness (QED) is 0.347. The van der Waals surface area contributed by atoms with Gasteiger partial charge in [0.25, 0.3) is 0 Å². The monoisotopic (exact) mass is 491 g/mol. The first kappa shape index (κ1) is 22.4. The molecule has 2 unspecified atom stereocenters. The number of nitrogens with one attached hydrogen (secondary N) is 2. The van der Waals surface area contributed by atoms with Crippen LogP contribution in [-0.4, -0.2) is 61.5 Å². The first-order valence-electron chi connectivity index (χ1n) is 9.99. The molecule has 0 amide bonds. The summed E-state index contributed by atoms with van der Waals surface area (Å²) in [5.74, 6) is 2.07. The molecule has 0 aliphatic carbocycles. The molecule has 7 nitrogen and oxygen atoms in total. The molecule has 1 aromatic rings. The molecule has 3 rings (SSSR count). The van der Waals surface area contributed by atoms with E-state index < -0.39 is 0 Å². The topological polar surface area (TPSA) is 74.9 Å². The minimum Gasteiger partial charge on any atom is -0.373 e. The lowest BCUT2D eigenvalue weighted by Gasteiger charge is -2.35. The summed E-state index contributed by atoms with van der Waals surface area (Å²) in [4.78, 5) is 6.85. The van der Waals surface area contributed by atoms with Crippen LogP contribution in [0.5, 0.6) is 0 Å². The van der Waals surface area contributed by atoms with E-state index in [9.17, 15) is 0 Å². The van der Waals surface area contributed by atoms with Crippen LogP contribution in [0.1, 0.15) is 56.9 Å². The van der Waals surface area contributed by atoms with Gasteiger partial charge in [-0.15, -0.1) is 24.0 Å². The molecule has 2 aliphatic rings. The Kier molecular flexibility index (Phi) is 9.31. The van der Waals surface area contributed by atoms with Crippen molar-refractivity contribution in [2.45, 2.75) is 64.1 Å². The molecule has 1 aromatic heterocycles. The second-order valence-electron chi connectivity index (χ2n) is 7.28.